The number of methoxy groups -OCH3 is 1. The Morgan fingerprint density at radius 1 is 1.13 bits per heavy atom. The molecular weight excluding hydrogens is 384 g/mol. The summed E-state index contributed by atoms with van der Waals surface area (Å²) in [7, 11) is 1.65. The molecule has 1 heterocycles. The molecule has 4 rings (SSSR count). The van der Waals surface area contributed by atoms with Gasteiger partial charge in [-0.3, -0.25) is 9.59 Å². The second kappa shape index (κ2) is 8.42. The zero-order chi connectivity index (χ0) is 21.4. The summed E-state index contributed by atoms with van der Waals surface area (Å²) >= 11 is 0. The number of rotatable bonds is 5. The van der Waals surface area contributed by atoms with E-state index in [0.717, 1.165) is 17.7 Å². The standard InChI is InChI=1S/C24H30O6/c1-13-9-21(29-15(3)25)19-11-22(26)30-24(19)23-14(2)20(10-18(13)23)28-12-16-5-7-17(27-4)8-6-16/h5-8,14,19-21,23-24H,9-12H2,1-4H3/t14-,19-,20+,21-,23+,24+/m1/s1. The summed E-state index contributed by atoms with van der Waals surface area (Å²) < 4.78 is 22.9. The first-order valence-corrected chi connectivity index (χ1v) is 10.7. The summed E-state index contributed by atoms with van der Waals surface area (Å²) in [6, 6.07) is 7.90. The Hall–Kier alpha value is -2.34. The lowest BCUT2D eigenvalue weighted by molar-refractivity contribution is -0.151. The maximum atomic E-state index is 12.2. The molecule has 3 aliphatic rings. The van der Waals surface area contributed by atoms with E-state index in [-0.39, 0.29) is 48.0 Å². The monoisotopic (exact) mass is 414 g/mol. The molecule has 0 spiro atoms. The van der Waals surface area contributed by atoms with E-state index >= 15 is 0 Å². The number of carbonyl (C=O) groups is 2. The maximum Gasteiger partial charge on any atom is 0.306 e. The molecule has 30 heavy (non-hydrogen) atoms. The quantitative estimate of drug-likeness (QED) is 0.539. The Morgan fingerprint density at radius 3 is 2.53 bits per heavy atom. The molecule has 1 saturated carbocycles. The van der Waals surface area contributed by atoms with Gasteiger partial charge in [-0.15, -0.1) is 0 Å². The summed E-state index contributed by atoms with van der Waals surface area (Å²) in [6.45, 7) is 6.24. The van der Waals surface area contributed by atoms with Gasteiger partial charge in [0.2, 0.25) is 0 Å². The van der Waals surface area contributed by atoms with E-state index < -0.39 is 0 Å². The lowest BCUT2D eigenvalue weighted by atomic mass is 9.82. The van der Waals surface area contributed by atoms with Crippen LogP contribution in [-0.2, 0) is 30.4 Å². The lowest BCUT2D eigenvalue weighted by Gasteiger charge is -2.30. The van der Waals surface area contributed by atoms with E-state index in [1.54, 1.807) is 7.11 Å². The summed E-state index contributed by atoms with van der Waals surface area (Å²) in [4.78, 5) is 23.8. The highest BCUT2D eigenvalue weighted by atomic mass is 16.6. The highest BCUT2D eigenvalue weighted by Gasteiger charge is 2.54. The SMILES string of the molecule is COc1ccc(CO[C@H]2CC3=C(C)C[C@@H](OC(C)=O)[C@H]4CC(=O)O[C@@H]4[C@H]3[C@@H]2C)cc1. The van der Waals surface area contributed by atoms with Crippen molar-refractivity contribution >= 4 is 11.9 Å². The van der Waals surface area contributed by atoms with Crippen molar-refractivity contribution in [3.05, 3.63) is 41.0 Å². The molecule has 0 amide bonds. The molecule has 162 valence electrons. The van der Waals surface area contributed by atoms with E-state index in [4.69, 9.17) is 18.9 Å². The Morgan fingerprint density at radius 2 is 1.87 bits per heavy atom. The second-order valence-electron chi connectivity index (χ2n) is 8.77. The first kappa shape index (κ1) is 20.9. The number of hydrogen-bond donors (Lipinski definition) is 0. The number of hydrogen-bond acceptors (Lipinski definition) is 6. The molecule has 0 radical (unpaired) electrons. The van der Waals surface area contributed by atoms with E-state index in [2.05, 4.69) is 13.8 Å². The van der Waals surface area contributed by atoms with E-state index in [0.29, 0.717) is 19.4 Å². The van der Waals surface area contributed by atoms with Crippen molar-refractivity contribution in [1.29, 1.82) is 0 Å². The summed E-state index contributed by atoms with van der Waals surface area (Å²) in [5, 5.41) is 0. The Balaban J connectivity index is 1.52. The van der Waals surface area contributed by atoms with Crippen LogP contribution in [0.2, 0.25) is 0 Å². The number of fused-ring (bicyclic) bond motifs is 3. The third kappa shape index (κ3) is 3.97. The van der Waals surface area contributed by atoms with Crippen molar-refractivity contribution in [2.75, 3.05) is 7.11 Å². The first-order valence-electron chi connectivity index (χ1n) is 10.7. The first-order chi connectivity index (χ1) is 14.4. The number of benzene rings is 1. The van der Waals surface area contributed by atoms with Crippen LogP contribution in [0.15, 0.2) is 35.4 Å². The molecule has 0 aromatic heterocycles. The molecule has 0 N–H and O–H groups in total. The highest BCUT2D eigenvalue weighted by molar-refractivity contribution is 5.73. The summed E-state index contributed by atoms with van der Waals surface area (Å²) in [5.41, 5.74) is 3.64. The maximum absolute atomic E-state index is 12.2. The molecule has 2 fully saturated rings. The molecule has 0 unspecified atom stereocenters. The van der Waals surface area contributed by atoms with Gasteiger partial charge in [0, 0.05) is 25.2 Å². The molecule has 1 aromatic rings. The largest absolute Gasteiger partial charge is 0.497 e. The van der Waals surface area contributed by atoms with Gasteiger partial charge >= 0.3 is 11.9 Å². The Kier molecular flexibility index (Phi) is 5.87. The van der Waals surface area contributed by atoms with Crippen LogP contribution >= 0.6 is 0 Å². The van der Waals surface area contributed by atoms with Gasteiger partial charge in [0.05, 0.1) is 26.2 Å². The van der Waals surface area contributed by atoms with Gasteiger partial charge < -0.3 is 18.9 Å². The fourth-order valence-corrected chi connectivity index (χ4v) is 5.38. The van der Waals surface area contributed by atoms with Crippen molar-refractivity contribution in [3.63, 3.8) is 0 Å². The normalized spacial score (nSPS) is 32.9. The Labute approximate surface area is 177 Å². The molecule has 1 aliphatic heterocycles. The van der Waals surface area contributed by atoms with Crippen LogP contribution in [0.5, 0.6) is 5.75 Å². The van der Waals surface area contributed by atoms with Gasteiger partial charge in [-0.1, -0.05) is 30.2 Å². The zero-order valence-corrected chi connectivity index (χ0v) is 18.1. The van der Waals surface area contributed by atoms with Crippen molar-refractivity contribution in [2.45, 2.75) is 65.0 Å². The zero-order valence-electron chi connectivity index (χ0n) is 18.1. The van der Waals surface area contributed by atoms with Crippen molar-refractivity contribution < 1.29 is 28.5 Å². The predicted molar refractivity (Wildman–Crippen MR) is 110 cm³/mol. The molecule has 2 aliphatic carbocycles. The predicted octanol–water partition coefficient (Wildman–Crippen LogP) is 3.82. The van der Waals surface area contributed by atoms with Crippen molar-refractivity contribution in [2.24, 2.45) is 17.8 Å². The van der Waals surface area contributed by atoms with Crippen molar-refractivity contribution in [1.82, 2.24) is 0 Å². The average molecular weight is 414 g/mol. The third-order valence-corrected chi connectivity index (χ3v) is 6.90. The van der Waals surface area contributed by atoms with Gasteiger partial charge in [0.15, 0.2) is 0 Å². The van der Waals surface area contributed by atoms with Crippen LogP contribution in [0.4, 0.5) is 0 Å². The smallest absolute Gasteiger partial charge is 0.306 e. The van der Waals surface area contributed by atoms with Crippen molar-refractivity contribution in [3.8, 4) is 5.75 Å². The van der Waals surface area contributed by atoms with E-state index in [1.807, 2.05) is 24.3 Å². The molecular formula is C24H30O6. The highest BCUT2D eigenvalue weighted by Crippen LogP contribution is 2.51. The summed E-state index contributed by atoms with van der Waals surface area (Å²) in [5.74, 6) is 0.548. The van der Waals surface area contributed by atoms with Crippen LogP contribution < -0.4 is 4.74 Å². The summed E-state index contributed by atoms with van der Waals surface area (Å²) in [6.07, 6.45) is 1.29. The van der Waals surface area contributed by atoms with Gasteiger partial charge in [0.1, 0.15) is 18.0 Å². The van der Waals surface area contributed by atoms with Gasteiger partial charge in [-0.05, 0) is 37.0 Å². The van der Waals surface area contributed by atoms with Crippen LogP contribution in [0.3, 0.4) is 0 Å². The molecule has 6 atom stereocenters. The van der Waals surface area contributed by atoms with Crippen LogP contribution in [0, 0.1) is 17.8 Å². The fourth-order valence-electron chi connectivity index (χ4n) is 5.38. The van der Waals surface area contributed by atoms with Gasteiger partial charge in [0.25, 0.3) is 0 Å². The lowest BCUT2D eigenvalue weighted by Crippen LogP contribution is -2.37. The minimum Gasteiger partial charge on any atom is -0.497 e. The average Bonchev–Trinajstić information content (AvgIpc) is 3.22. The van der Waals surface area contributed by atoms with E-state index in [9.17, 15) is 9.59 Å². The minimum absolute atomic E-state index is 0.0623. The van der Waals surface area contributed by atoms with Gasteiger partial charge in [-0.2, -0.15) is 0 Å². The Bertz CT molecular complexity index is 842. The van der Waals surface area contributed by atoms with Crippen LogP contribution in [0.25, 0.3) is 0 Å². The minimum atomic E-state index is -0.309. The fraction of sp³-hybridized carbons (Fsp3) is 0.583. The number of ether oxygens (including phenoxy) is 4. The number of esters is 2. The van der Waals surface area contributed by atoms with Gasteiger partial charge in [-0.25, -0.2) is 0 Å². The second-order valence-corrected chi connectivity index (χ2v) is 8.77. The topological polar surface area (TPSA) is 71.1 Å². The van der Waals surface area contributed by atoms with E-state index in [1.165, 1.54) is 18.1 Å². The molecule has 6 heteroatoms. The van der Waals surface area contributed by atoms with Crippen LogP contribution in [-0.4, -0.2) is 37.4 Å². The molecule has 0 bridgehead atoms. The molecule has 1 saturated heterocycles. The number of carbonyl (C=O) groups excluding carboxylic acids is 2. The molecule has 6 nitrogen and oxygen atoms in total. The van der Waals surface area contributed by atoms with Crippen LogP contribution in [0.1, 0.15) is 45.6 Å². The molecule has 1 aromatic carbocycles. The third-order valence-electron chi connectivity index (χ3n) is 6.90.